The minimum absolute atomic E-state index is 0.0648. The highest BCUT2D eigenvalue weighted by Crippen LogP contribution is 2.45. The molecule has 0 N–H and O–H groups in total. The molecular weight excluding hydrogens is 314 g/mol. The van der Waals surface area contributed by atoms with Crippen LogP contribution in [0.5, 0.6) is 0 Å². The molecule has 1 saturated carbocycles. The summed E-state index contributed by atoms with van der Waals surface area (Å²) in [4.78, 5) is 16.4. The second-order valence-electron chi connectivity index (χ2n) is 6.80. The van der Waals surface area contributed by atoms with Gasteiger partial charge in [-0.1, -0.05) is 23.9 Å². The van der Waals surface area contributed by atoms with Gasteiger partial charge in [-0.2, -0.15) is 0 Å². The number of thioether (sulfide) groups is 1. The second-order valence-corrected chi connectivity index (χ2v) is 9.10. The van der Waals surface area contributed by atoms with Gasteiger partial charge in [0.05, 0.1) is 10.2 Å². The predicted octanol–water partition coefficient (Wildman–Crippen LogP) is 4.76. The number of para-hydroxylation sites is 1. The van der Waals surface area contributed by atoms with E-state index in [0.29, 0.717) is 18.3 Å². The highest BCUT2D eigenvalue weighted by molar-refractivity contribution is 8.01. The molecule has 5 heteroatoms. The SMILES string of the molecule is CC(C)(C)OC(=O)CC1CC1CSc1nc2ccccc2s1. The van der Waals surface area contributed by atoms with E-state index in [1.54, 1.807) is 11.3 Å². The van der Waals surface area contributed by atoms with Gasteiger partial charge in [0.1, 0.15) is 5.60 Å². The van der Waals surface area contributed by atoms with Crippen LogP contribution in [-0.4, -0.2) is 22.3 Å². The Morgan fingerprint density at radius 3 is 2.86 bits per heavy atom. The molecule has 0 aliphatic heterocycles. The van der Waals surface area contributed by atoms with Crippen LogP contribution in [0.25, 0.3) is 10.2 Å². The molecule has 2 unspecified atom stereocenters. The third kappa shape index (κ3) is 4.23. The Morgan fingerprint density at radius 2 is 2.14 bits per heavy atom. The summed E-state index contributed by atoms with van der Waals surface area (Å²) >= 11 is 3.57. The van der Waals surface area contributed by atoms with Crippen LogP contribution < -0.4 is 0 Å². The number of benzene rings is 1. The van der Waals surface area contributed by atoms with E-state index >= 15 is 0 Å². The number of rotatable bonds is 5. The van der Waals surface area contributed by atoms with Crippen molar-refractivity contribution in [3.63, 3.8) is 0 Å². The van der Waals surface area contributed by atoms with Crippen molar-refractivity contribution in [3.8, 4) is 0 Å². The molecule has 22 heavy (non-hydrogen) atoms. The minimum atomic E-state index is -0.378. The first-order valence-electron chi connectivity index (χ1n) is 7.61. The summed E-state index contributed by atoms with van der Waals surface area (Å²) in [6, 6.07) is 8.23. The van der Waals surface area contributed by atoms with Crippen molar-refractivity contribution in [1.29, 1.82) is 0 Å². The molecule has 0 bridgehead atoms. The monoisotopic (exact) mass is 335 g/mol. The lowest BCUT2D eigenvalue weighted by molar-refractivity contribution is -0.155. The van der Waals surface area contributed by atoms with Crippen LogP contribution in [0.1, 0.15) is 33.6 Å². The van der Waals surface area contributed by atoms with Crippen molar-refractivity contribution in [2.45, 2.75) is 43.6 Å². The maximum atomic E-state index is 11.8. The van der Waals surface area contributed by atoms with Gasteiger partial charge in [0.25, 0.3) is 0 Å². The lowest BCUT2D eigenvalue weighted by Crippen LogP contribution is -2.24. The van der Waals surface area contributed by atoms with E-state index < -0.39 is 0 Å². The van der Waals surface area contributed by atoms with E-state index in [2.05, 4.69) is 17.1 Å². The van der Waals surface area contributed by atoms with Crippen LogP contribution in [-0.2, 0) is 9.53 Å². The number of hydrogen-bond acceptors (Lipinski definition) is 5. The van der Waals surface area contributed by atoms with Crippen molar-refractivity contribution < 1.29 is 9.53 Å². The van der Waals surface area contributed by atoms with Crippen LogP contribution in [0.2, 0.25) is 0 Å². The Hall–Kier alpha value is -1.07. The summed E-state index contributed by atoms with van der Waals surface area (Å²) in [5, 5.41) is 0. The molecule has 2 aromatic rings. The average molecular weight is 335 g/mol. The number of thiazole rings is 1. The third-order valence-electron chi connectivity index (χ3n) is 3.61. The number of carbonyl (C=O) groups excluding carboxylic acids is 1. The lowest BCUT2D eigenvalue weighted by Gasteiger charge is -2.19. The summed E-state index contributed by atoms with van der Waals surface area (Å²) in [6.07, 6.45) is 1.69. The zero-order valence-electron chi connectivity index (χ0n) is 13.2. The normalized spacial score (nSPS) is 21.0. The number of carbonyl (C=O) groups is 1. The highest BCUT2D eigenvalue weighted by Gasteiger charge is 2.39. The number of aromatic nitrogens is 1. The van der Waals surface area contributed by atoms with Crippen molar-refractivity contribution in [3.05, 3.63) is 24.3 Å². The number of fused-ring (bicyclic) bond motifs is 1. The van der Waals surface area contributed by atoms with Crippen molar-refractivity contribution >= 4 is 39.3 Å². The Labute approximate surface area is 139 Å². The number of nitrogens with zero attached hydrogens (tertiary/aromatic N) is 1. The standard InChI is InChI=1S/C17H21NO2S2/c1-17(2,3)20-15(19)9-11-8-12(11)10-21-16-18-13-6-4-5-7-14(13)22-16/h4-7,11-12H,8-10H2,1-3H3. The first kappa shape index (κ1) is 15.8. The molecule has 3 nitrogen and oxygen atoms in total. The molecule has 1 heterocycles. The molecule has 2 atom stereocenters. The van der Waals surface area contributed by atoms with Crippen LogP contribution in [0.15, 0.2) is 28.6 Å². The fraction of sp³-hybridized carbons (Fsp3) is 0.529. The maximum absolute atomic E-state index is 11.8. The highest BCUT2D eigenvalue weighted by atomic mass is 32.2. The Kier molecular flexibility index (Phi) is 4.46. The topological polar surface area (TPSA) is 39.2 Å². The van der Waals surface area contributed by atoms with E-state index in [1.165, 1.54) is 4.70 Å². The summed E-state index contributed by atoms with van der Waals surface area (Å²) in [5.74, 6) is 2.11. The van der Waals surface area contributed by atoms with E-state index in [1.807, 2.05) is 44.7 Å². The molecular formula is C17H21NO2S2. The van der Waals surface area contributed by atoms with E-state index in [4.69, 9.17) is 4.74 Å². The smallest absolute Gasteiger partial charge is 0.306 e. The summed E-state index contributed by atoms with van der Waals surface area (Å²) in [6.45, 7) is 5.74. The summed E-state index contributed by atoms with van der Waals surface area (Å²) < 4.78 is 7.75. The fourth-order valence-corrected chi connectivity index (χ4v) is 4.79. The molecule has 1 fully saturated rings. The maximum Gasteiger partial charge on any atom is 0.306 e. The van der Waals surface area contributed by atoms with Gasteiger partial charge in [-0.15, -0.1) is 11.3 Å². The molecule has 1 aliphatic rings. The van der Waals surface area contributed by atoms with Crippen LogP contribution >= 0.6 is 23.1 Å². The van der Waals surface area contributed by atoms with Crippen molar-refractivity contribution in [2.75, 3.05) is 5.75 Å². The summed E-state index contributed by atoms with van der Waals surface area (Å²) in [5.41, 5.74) is 0.702. The third-order valence-corrected chi connectivity index (χ3v) is 5.98. The molecule has 3 rings (SSSR count). The molecule has 0 saturated heterocycles. The Bertz CT molecular complexity index is 642. The molecule has 1 aromatic carbocycles. The number of ether oxygens (including phenoxy) is 1. The second kappa shape index (κ2) is 6.20. The van der Waals surface area contributed by atoms with Crippen LogP contribution in [0, 0.1) is 11.8 Å². The Morgan fingerprint density at radius 1 is 1.36 bits per heavy atom. The van der Waals surface area contributed by atoms with Gasteiger partial charge in [0.15, 0.2) is 4.34 Å². The van der Waals surface area contributed by atoms with E-state index in [9.17, 15) is 4.79 Å². The van der Waals surface area contributed by atoms with Gasteiger partial charge >= 0.3 is 5.97 Å². The van der Waals surface area contributed by atoms with E-state index in [-0.39, 0.29) is 11.6 Å². The van der Waals surface area contributed by atoms with E-state index in [0.717, 1.165) is 22.0 Å². The lowest BCUT2D eigenvalue weighted by atomic mass is 10.2. The van der Waals surface area contributed by atoms with Crippen molar-refractivity contribution in [2.24, 2.45) is 11.8 Å². The van der Waals surface area contributed by atoms with Crippen LogP contribution in [0.3, 0.4) is 0 Å². The summed E-state index contributed by atoms with van der Waals surface area (Å²) in [7, 11) is 0. The van der Waals surface area contributed by atoms with Gasteiger partial charge in [-0.3, -0.25) is 4.79 Å². The largest absolute Gasteiger partial charge is 0.460 e. The van der Waals surface area contributed by atoms with Gasteiger partial charge in [-0.25, -0.2) is 4.98 Å². The predicted molar refractivity (Wildman–Crippen MR) is 92.4 cm³/mol. The van der Waals surface area contributed by atoms with Gasteiger partial charge < -0.3 is 4.74 Å². The molecule has 0 amide bonds. The zero-order chi connectivity index (χ0) is 15.7. The molecule has 0 radical (unpaired) electrons. The van der Waals surface area contributed by atoms with Gasteiger partial charge in [0, 0.05) is 12.2 Å². The number of esters is 1. The molecule has 1 aliphatic carbocycles. The van der Waals surface area contributed by atoms with Crippen LogP contribution in [0.4, 0.5) is 0 Å². The zero-order valence-corrected chi connectivity index (χ0v) is 14.8. The first-order valence-corrected chi connectivity index (χ1v) is 9.41. The van der Waals surface area contributed by atoms with Gasteiger partial charge in [0.2, 0.25) is 0 Å². The molecule has 1 aromatic heterocycles. The van der Waals surface area contributed by atoms with Crippen molar-refractivity contribution in [1.82, 2.24) is 4.98 Å². The quantitative estimate of drug-likeness (QED) is 0.583. The first-order chi connectivity index (χ1) is 10.4. The fourth-order valence-electron chi connectivity index (χ4n) is 2.45. The molecule has 118 valence electrons. The Balaban J connectivity index is 1.45. The average Bonchev–Trinajstić information content (AvgIpc) is 3.00. The number of hydrogen-bond donors (Lipinski definition) is 0. The minimum Gasteiger partial charge on any atom is -0.460 e. The molecule has 0 spiro atoms. The van der Waals surface area contributed by atoms with Gasteiger partial charge in [-0.05, 0) is 51.2 Å².